The fraction of sp³-hybridized carbons (Fsp3) is 0.211. The Hall–Kier alpha value is -2.95. The van der Waals surface area contributed by atoms with Crippen LogP contribution < -0.4 is 10.6 Å². The van der Waals surface area contributed by atoms with Crippen molar-refractivity contribution in [3.05, 3.63) is 71.3 Å². The number of rotatable bonds is 4. The number of benzene rings is 2. The number of hydrogen-bond donors (Lipinski definition) is 2. The van der Waals surface area contributed by atoms with Crippen LogP contribution in [0.4, 0.5) is 0 Å². The molecule has 1 unspecified atom stereocenters. The molecule has 2 atom stereocenters. The van der Waals surface area contributed by atoms with E-state index in [2.05, 4.69) is 10.6 Å². The average Bonchev–Trinajstić information content (AvgIpc) is 2.61. The number of Topliss-reactive ketones (excluding diaryl/α,β-unsaturated/α-hetero) is 1. The first-order valence-corrected chi connectivity index (χ1v) is 7.84. The maximum absolute atomic E-state index is 12.4. The first-order valence-electron chi connectivity index (χ1n) is 7.84. The smallest absolute Gasteiger partial charge is 0.252 e. The highest BCUT2D eigenvalue weighted by Gasteiger charge is 2.30. The number of ketones is 1. The molecule has 1 aliphatic rings. The van der Waals surface area contributed by atoms with Gasteiger partial charge in [-0.15, -0.1) is 0 Å². The summed E-state index contributed by atoms with van der Waals surface area (Å²) >= 11 is 0. The minimum Gasteiger partial charge on any atom is -0.344 e. The van der Waals surface area contributed by atoms with Gasteiger partial charge >= 0.3 is 0 Å². The molecule has 0 bridgehead atoms. The Labute approximate surface area is 140 Å². The molecule has 5 nitrogen and oxygen atoms in total. The summed E-state index contributed by atoms with van der Waals surface area (Å²) in [4.78, 5) is 36.8. The van der Waals surface area contributed by atoms with E-state index in [9.17, 15) is 14.4 Å². The zero-order valence-corrected chi connectivity index (χ0v) is 13.3. The SMILES string of the molecule is C[C@H](NC(=O)C1Cc2ccccc2C(=O)N1)C(=O)c1ccccc1. The van der Waals surface area contributed by atoms with Crippen molar-refractivity contribution >= 4 is 17.6 Å². The summed E-state index contributed by atoms with van der Waals surface area (Å²) in [6.45, 7) is 1.64. The lowest BCUT2D eigenvalue weighted by molar-refractivity contribution is -0.123. The highest BCUT2D eigenvalue weighted by molar-refractivity contribution is 6.04. The van der Waals surface area contributed by atoms with Gasteiger partial charge in [0.25, 0.3) is 5.91 Å². The highest BCUT2D eigenvalue weighted by atomic mass is 16.2. The van der Waals surface area contributed by atoms with Crippen LogP contribution >= 0.6 is 0 Å². The molecule has 2 N–H and O–H groups in total. The molecule has 0 spiro atoms. The van der Waals surface area contributed by atoms with Crippen molar-refractivity contribution in [1.82, 2.24) is 10.6 Å². The molecule has 0 aromatic heterocycles. The molecule has 24 heavy (non-hydrogen) atoms. The summed E-state index contributed by atoms with van der Waals surface area (Å²) in [5, 5.41) is 5.39. The zero-order valence-electron chi connectivity index (χ0n) is 13.3. The van der Waals surface area contributed by atoms with Crippen LogP contribution in [0.3, 0.4) is 0 Å². The summed E-state index contributed by atoms with van der Waals surface area (Å²) in [6, 6.07) is 14.7. The molecule has 2 amide bonds. The number of hydrogen-bond acceptors (Lipinski definition) is 3. The average molecular weight is 322 g/mol. The first kappa shape index (κ1) is 15.9. The van der Waals surface area contributed by atoms with E-state index in [4.69, 9.17) is 0 Å². The van der Waals surface area contributed by atoms with Crippen molar-refractivity contribution in [1.29, 1.82) is 0 Å². The summed E-state index contributed by atoms with van der Waals surface area (Å²) < 4.78 is 0. The standard InChI is InChI=1S/C19H18N2O3/c1-12(17(22)13-7-3-2-4-8-13)20-19(24)16-11-14-9-5-6-10-15(14)18(23)21-16/h2-10,12,16H,11H2,1H3,(H,20,24)(H,21,23)/t12-,16?/m0/s1. The Morgan fingerprint density at radius 1 is 1.08 bits per heavy atom. The minimum absolute atomic E-state index is 0.161. The normalized spacial score (nSPS) is 17.4. The van der Waals surface area contributed by atoms with Crippen molar-refractivity contribution < 1.29 is 14.4 Å². The number of carbonyl (C=O) groups excluding carboxylic acids is 3. The second-order valence-corrected chi connectivity index (χ2v) is 5.85. The van der Waals surface area contributed by atoms with Gasteiger partial charge in [-0.25, -0.2) is 0 Å². The summed E-state index contributed by atoms with van der Waals surface area (Å²) in [5.74, 6) is -0.778. The van der Waals surface area contributed by atoms with Crippen LogP contribution in [-0.4, -0.2) is 29.7 Å². The first-order chi connectivity index (χ1) is 11.6. The Kier molecular flexibility index (Phi) is 4.42. The summed E-state index contributed by atoms with van der Waals surface area (Å²) in [5.41, 5.74) is 1.97. The molecule has 1 aliphatic heterocycles. The number of amides is 2. The van der Waals surface area contributed by atoms with E-state index in [1.165, 1.54) is 0 Å². The quantitative estimate of drug-likeness (QED) is 0.842. The second kappa shape index (κ2) is 6.66. The van der Waals surface area contributed by atoms with Crippen LogP contribution in [0.2, 0.25) is 0 Å². The number of nitrogens with one attached hydrogen (secondary N) is 2. The maximum Gasteiger partial charge on any atom is 0.252 e. The van der Waals surface area contributed by atoms with Gasteiger partial charge in [0.2, 0.25) is 5.91 Å². The van der Waals surface area contributed by atoms with Crippen LogP contribution in [0.5, 0.6) is 0 Å². The molecule has 0 saturated heterocycles. The van der Waals surface area contributed by atoms with Crippen LogP contribution in [-0.2, 0) is 11.2 Å². The fourth-order valence-electron chi connectivity index (χ4n) is 2.82. The topological polar surface area (TPSA) is 75.3 Å². The predicted molar refractivity (Wildman–Crippen MR) is 89.8 cm³/mol. The van der Waals surface area contributed by atoms with Crippen molar-refractivity contribution in [2.45, 2.75) is 25.4 Å². The zero-order chi connectivity index (χ0) is 17.1. The van der Waals surface area contributed by atoms with Gasteiger partial charge in [0.1, 0.15) is 6.04 Å². The number of carbonyl (C=O) groups is 3. The molecule has 3 rings (SSSR count). The van der Waals surface area contributed by atoms with Crippen LogP contribution in [0.25, 0.3) is 0 Å². The molecule has 0 aliphatic carbocycles. The van der Waals surface area contributed by atoms with E-state index in [1.807, 2.05) is 18.2 Å². The Balaban J connectivity index is 1.68. The molecular weight excluding hydrogens is 304 g/mol. The Morgan fingerprint density at radius 2 is 1.75 bits per heavy atom. The summed E-state index contributed by atoms with van der Waals surface area (Å²) in [7, 11) is 0. The van der Waals surface area contributed by atoms with E-state index in [0.717, 1.165) is 5.56 Å². The van der Waals surface area contributed by atoms with Crippen molar-refractivity contribution in [2.75, 3.05) is 0 Å². The summed E-state index contributed by atoms with van der Waals surface area (Å²) in [6.07, 6.45) is 0.417. The Bertz CT molecular complexity index is 786. The van der Waals surface area contributed by atoms with E-state index >= 15 is 0 Å². The van der Waals surface area contributed by atoms with E-state index in [0.29, 0.717) is 17.5 Å². The van der Waals surface area contributed by atoms with Crippen LogP contribution in [0, 0.1) is 0 Å². The van der Waals surface area contributed by atoms with Crippen LogP contribution in [0.15, 0.2) is 54.6 Å². The van der Waals surface area contributed by atoms with E-state index in [1.54, 1.807) is 43.3 Å². The van der Waals surface area contributed by atoms with Gasteiger partial charge in [-0.05, 0) is 18.6 Å². The van der Waals surface area contributed by atoms with Gasteiger partial charge in [-0.3, -0.25) is 14.4 Å². The third kappa shape index (κ3) is 3.20. The lowest BCUT2D eigenvalue weighted by Gasteiger charge is -2.26. The monoisotopic (exact) mass is 322 g/mol. The van der Waals surface area contributed by atoms with Crippen molar-refractivity contribution in [3.8, 4) is 0 Å². The van der Waals surface area contributed by atoms with Crippen molar-refractivity contribution in [2.24, 2.45) is 0 Å². The minimum atomic E-state index is -0.668. The lowest BCUT2D eigenvalue weighted by atomic mass is 9.94. The molecule has 0 saturated carbocycles. The second-order valence-electron chi connectivity index (χ2n) is 5.85. The highest BCUT2D eigenvalue weighted by Crippen LogP contribution is 2.16. The molecule has 1 heterocycles. The van der Waals surface area contributed by atoms with E-state index < -0.39 is 12.1 Å². The third-order valence-electron chi connectivity index (χ3n) is 4.12. The largest absolute Gasteiger partial charge is 0.344 e. The van der Waals surface area contributed by atoms with Gasteiger partial charge in [0.05, 0.1) is 6.04 Å². The molecule has 2 aromatic carbocycles. The number of fused-ring (bicyclic) bond motifs is 1. The molecule has 2 aromatic rings. The van der Waals surface area contributed by atoms with Gasteiger partial charge in [-0.1, -0.05) is 48.5 Å². The molecule has 122 valence electrons. The maximum atomic E-state index is 12.4. The van der Waals surface area contributed by atoms with Gasteiger partial charge in [0.15, 0.2) is 5.78 Å². The predicted octanol–water partition coefficient (Wildman–Crippen LogP) is 1.73. The third-order valence-corrected chi connectivity index (χ3v) is 4.12. The molecule has 5 heteroatoms. The van der Waals surface area contributed by atoms with E-state index in [-0.39, 0.29) is 17.6 Å². The molecular formula is C19H18N2O3. The molecule has 0 radical (unpaired) electrons. The lowest BCUT2D eigenvalue weighted by Crippen LogP contribution is -2.53. The van der Waals surface area contributed by atoms with Crippen molar-refractivity contribution in [3.63, 3.8) is 0 Å². The van der Waals surface area contributed by atoms with Gasteiger partial charge in [-0.2, -0.15) is 0 Å². The van der Waals surface area contributed by atoms with Crippen LogP contribution in [0.1, 0.15) is 33.2 Å². The van der Waals surface area contributed by atoms with Gasteiger partial charge < -0.3 is 10.6 Å². The molecule has 0 fully saturated rings. The fourth-order valence-corrected chi connectivity index (χ4v) is 2.82. The van der Waals surface area contributed by atoms with Gasteiger partial charge in [0, 0.05) is 17.5 Å². The Morgan fingerprint density at radius 3 is 2.50 bits per heavy atom.